The molecule has 11 heteroatoms. The van der Waals surface area contributed by atoms with Crippen LogP contribution >= 0.6 is 0 Å². The number of hydrogen-bond acceptors (Lipinski definition) is 10. The van der Waals surface area contributed by atoms with Gasteiger partial charge in [-0.3, -0.25) is 4.79 Å². The van der Waals surface area contributed by atoms with E-state index in [-0.39, 0.29) is 96.2 Å². The molecule has 1 aromatic rings. The summed E-state index contributed by atoms with van der Waals surface area (Å²) in [6.07, 6.45) is 6.28. The first kappa shape index (κ1) is 43.4. The third-order valence-corrected chi connectivity index (χ3v) is 15.5. The highest BCUT2D eigenvalue weighted by molar-refractivity contribution is 5.92. The van der Waals surface area contributed by atoms with Crippen LogP contribution in [-0.4, -0.2) is 101 Å². The van der Waals surface area contributed by atoms with Crippen LogP contribution < -0.4 is 5.32 Å². The molecule has 0 aliphatic carbocycles. The Labute approximate surface area is 341 Å². The van der Waals surface area contributed by atoms with Gasteiger partial charge in [0.25, 0.3) is 0 Å². The molecule has 1 amide bonds. The van der Waals surface area contributed by atoms with Crippen LogP contribution in [0.1, 0.15) is 120 Å². The summed E-state index contributed by atoms with van der Waals surface area (Å²) in [5.41, 5.74) is -0.297. The lowest BCUT2D eigenvalue weighted by Crippen LogP contribution is -2.58. The second-order valence-corrected chi connectivity index (χ2v) is 19.9. The normalized spacial score (nSPS) is 49.6. The highest BCUT2D eigenvalue weighted by atomic mass is 16.7. The van der Waals surface area contributed by atoms with Gasteiger partial charge in [0, 0.05) is 43.4 Å². The Morgan fingerprint density at radius 3 is 2.32 bits per heavy atom. The van der Waals surface area contributed by atoms with Gasteiger partial charge in [-0.05, 0) is 88.7 Å². The van der Waals surface area contributed by atoms with Crippen LogP contribution in [0.2, 0.25) is 0 Å². The van der Waals surface area contributed by atoms with Crippen molar-refractivity contribution in [3.05, 3.63) is 30.3 Å². The summed E-state index contributed by atoms with van der Waals surface area (Å²) >= 11 is 0. The van der Waals surface area contributed by atoms with E-state index >= 15 is 0 Å². The van der Waals surface area contributed by atoms with Crippen LogP contribution in [0.3, 0.4) is 0 Å². The maximum absolute atomic E-state index is 13.3. The van der Waals surface area contributed by atoms with E-state index in [4.69, 9.17) is 33.2 Å². The number of amides is 1. The van der Waals surface area contributed by atoms with Crippen molar-refractivity contribution < 1.29 is 48.2 Å². The van der Waals surface area contributed by atoms with Crippen LogP contribution in [0.5, 0.6) is 0 Å². The lowest BCUT2D eigenvalue weighted by Gasteiger charge is -2.50. The Hall–Kier alpha value is -1.67. The van der Waals surface area contributed by atoms with E-state index in [1.807, 2.05) is 44.2 Å². The molecule has 3 N–H and O–H groups in total. The van der Waals surface area contributed by atoms with Gasteiger partial charge in [0.05, 0.1) is 72.6 Å². The maximum atomic E-state index is 13.3. The van der Waals surface area contributed by atoms with E-state index in [0.717, 1.165) is 57.1 Å². The maximum Gasteiger partial charge on any atom is 0.229 e. The molecule has 6 heterocycles. The number of benzene rings is 1. The fourth-order valence-corrected chi connectivity index (χ4v) is 12.1. The first-order chi connectivity index (χ1) is 26.9. The fourth-order valence-electron chi connectivity index (χ4n) is 12.1. The molecule has 6 aliphatic rings. The van der Waals surface area contributed by atoms with Crippen LogP contribution in [-0.2, 0) is 38.0 Å². The van der Waals surface area contributed by atoms with E-state index in [1.165, 1.54) is 0 Å². The predicted molar refractivity (Wildman–Crippen MR) is 216 cm³/mol. The van der Waals surface area contributed by atoms with Crippen molar-refractivity contribution in [3.8, 4) is 0 Å². The molecule has 11 nitrogen and oxygen atoms in total. The molecule has 0 aromatic heterocycles. The van der Waals surface area contributed by atoms with E-state index in [1.54, 1.807) is 7.11 Å². The molecule has 6 saturated heterocycles. The number of rotatable bonds is 10. The summed E-state index contributed by atoms with van der Waals surface area (Å²) in [7, 11) is 1.80. The quantitative estimate of drug-likeness (QED) is 0.222. The van der Waals surface area contributed by atoms with Crippen molar-refractivity contribution in [2.24, 2.45) is 41.4 Å². The summed E-state index contributed by atoms with van der Waals surface area (Å²) in [6, 6.07) is 9.61. The predicted octanol–water partition coefficient (Wildman–Crippen LogP) is 7.26. The van der Waals surface area contributed by atoms with Crippen LogP contribution in [0, 0.1) is 41.4 Å². The van der Waals surface area contributed by atoms with Gasteiger partial charge >= 0.3 is 0 Å². The molecule has 6 fully saturated rings. The molecule has 7 unspecified atom stereocenters. The van der Waals surface area contributed by atoms with Crippen molar-refractivity contribution in [1.82, 2.24) is 0 Å². The molecule has 6 aliphatic heterocycles. The number of methoxy groups -OCH3 is 1. The van der Waals surface area contributed by atoms with Gasteiger partial charge in [-0.1, -0.05) is 66.7 Å². The average Bonchev–Trinajstić information content (AvgIpc) is 3.86. The fraction of sp³-hybridized carbons (Fsp3) is 0.848. The third kappa shape index (κ3) is 8.25. The summed E-state index contributed by atoms with van der Waals surface area (Å²) in [4.78, 5) is 13.3. The molecule has 19 atom stereocenters. The van der Waals surface area contributed by atoms with Crippen molar-refractivity contribution in [2.45, 2.75) is 192 Å². The Kier molecular flexibility index (Phi) is 12.7. The molecular weight excluding hydrogens is 727 g/mol. The van der Waals surface area contributed by atoms with Gasteiger partial charge in [-0.25, -0.2) is 0 Å². The highest BCUT2D eigenvalue weighted by Crippen LogP contribution is 2.57. The molecule has 7 rings (SSSR count). The zero-order valence-corrected chi connectivity index (χ0v) is 36.3. The number of nitrogens with one attached hydrogen (secondary N) is 1. The Morgan fingerprint density at radius 2 is 1.61 bits per heavy atom. The molecule has 322 valence electrons. The van der Waals surface area contributed by atoms with Crippen molar-refractivity contribution in [1.29, 1.82) is 0 Å². The second kappa shape index (κ2) is 16.7. The van der Waals surface area contributed by atoms with Gasteiger partial charge in [0.1, 0.15) is 0 Å². The molecule has 0 bridgehead atoms. The summed E-state index contributed by atoms with van der Waals surface area (Å²) in [5.74, 6) is -2.09. The Balaban J connectivity index is 1.00. The Morgan fingerprint density at radius 1 is 0.877 bits per heavy atom. The van der Waals surface area contributed by atoms with E-state index in [2.05, 4.69) is 53.8 Å². The summed E-state index contributed by atoms with van der Waals surface area (Å²) in [5, 5.41) is 24.1. The van der Waals surface area contributed by atoms with E-state index < -0.39 is 29.4 Å². The van der Waals surface area contributed by atoms with Gasteiger partial charge in [-0.2, -0.15) is 0 Å². The number of aliphatic hydroxyl groups excluding tert-OH is 1. The van der Waals surface area contributed by atoms with Crippen molar-refractivity contribution in [2.75, 3.05) is 19.0 Å². The minimum absolute atomic E-state index is 0.00169. The van der Waals surface area contributed by atoms with Crippen molar-refractivity contribution >= 4 is 11.6 Å². The zero-order chi connectivity index (χ0) is 41.1. The highest BCUT2D eigenvalue weighted by Gasteiger charge is 2.65. The number of carbonyl (C=O) groups is 1. The van der Waals surface area contributed by atoms with Gasteiger partial charge in [0.2, 0.25) is 5.91 Å². The summed E-state index contributed by atoms with van der Waals surface area (Å²) < 4.78 is 47.7. The van der Waals surface area contributed by atoms with Gasteiger partial charge in [-0.15, -0.1) is 0 Å². The molecule has 1 aromatic carbocycles. The lowest BCUT2D eigenvalue weighted by molar-refractivity contribution is -0.353. The van der Waals surface area contributed by atoms with Crippen LogP contribution in [0.25, 0.3) is 0 Å². The molecule has 0 radical (unpaired) electrons. The van der Waals surface area contributed by atoms with Gasteiger partial charge < -0.3 is 48.7 Å². The smallest absolute Gasteiger partial charge is 0.229 e. The van der Waals surface area contributed by atoms with Crippen molar-refractivity contribution in [3.63, 3.8) is 0 Å². The second-order valence-electron chi connectivity index (χ2n) is 19.9. The molecule has 57 heavy (non-hydrogen) atoms. The zero-order valence-electron chi connectivity index (χ0n) is 36.3. The minimum Gasteiger partial charge on any atom is -0.391 e. The topological polar surface area (TPSA) is 134 Å². The van der Waals surface area contributed by atoms with Crippen LogP contribution in [0.4, 0.5) is 5.69 Å². The van der Waals surface area contributed by atoms with E-state index in [0.29, 0.717) is 6.42 Å². The van der Waals surface area contributed by atoms with Gasteiger partial charge in [0.15, 0.2) is 11.6 Å². The number of anilines is 1. The number of para-hydroxylation sites is 1. The summed E-state index contributed by atoms with van der Waals surface area (Å²) in [6.45, 7) is 18.9. The average molecular weight is 800 g/mol. The lowest BCUT2D eigenvalue weighted by atomic mass is 9.78. The SMILES string of the molecule is COC1C[C@@H](C[C@H]2CC[C@H](C)C([C@@H](C)C(=O)Nc3ccccc3)O2)O[C@]2(O[C@](C)(C3CC[C@@](C)(C4OC(C5O[C@@](O)(CO)[C@H](C)C[C@@H]5C)C[C@@H]4C)O3)C[C@H]2C)C1C. The molecule has 0 saturated carbocycles. The van der Waals surface area contributed by atoms with Crippen LogP contribution in [0.15, 0.2) is 30.3 Å². The molecular formula is C46H73NO10. The standard InChI is InChI=1S/C46H73NO10/c1-26-16-17-34(52-39(26)31(6)42(49)47-33-14-12-11-13-15-33)22-35-23-36(51-10)32(7)46(54-35)30(5)24-44(9,57-46)38-18-19-43(8,55-38)41-28(3)21-37(53-41)40-27(2)20-29(4)45(50,25-48)56-40/h11-15,26-32,34-41,48,50H,16-25H2,1-10H3,(H,47,49)/t26-,27-,28-,29+,30+,31+,32?,34+,35+,36?,37?,38?,39?,40?,41?,43-,44-,45-,46+/m0/s1. The first-order valence-electron chi connectivity index (χ1n) is 22.2. The number of carbonyl (C=O) groups excluding carboxylic acids is 1. The minimum atomic E-state index is -1.55. The monoisotopic (exact) mass is 800 g/mol. The number of aliphatic hydroxyl groups is 2. The first-order valence-corrected chi connectivity index (χ1v) is 22.2. The third-order valence-electron chi connectivity index (χ3n) is 15.5. The number of hydrogen-bond donors (Lipinski definition) is 3. The largest absolute Gasteiger partial charge is 0.391 e. The number of ether oxygens (including phenoxy) is 7. The van der Waals surface area contributed by atoms with E-state index in [9.17, 15) is 15.0 Å². The Bertz CT molecular complexity index is 1530. The molecule has 1 spiro atoms.